The summed E-state index contributed by atoms with van der Waals surface area (Å²) in [4.78, 5) is 23.6. The molecule has 0 radical (unpaired) electrons. The molecule has 0 saturated heterocycles. The maximum atomic E-state index is 13.2. The van der Waals surface area contributed by atoms with Crippen LogP contribution in [0, 0.1) is 18.7 Å². The van der Waals surface area contributed by atoms with Gasteiger partial charge in [0.2, 0.25) is 0 Å². The van der Waals surface area contributed by atoms with Gasteiger partial charge in [0.1, 0.15) is 5.82 Å². The number of benzene rings is 1. The molecule has 0 bridgehead atoms. The van der Waals surface area contributed by atoms with Gasteiger partial charge < -0.3 is 15.7 Å². The lowest BCUT2D eigenvalue weighted by molar-refractivity contribution is -0.136. The molecule has 1 saturated carbocycles. The molecule has 2 rings (SSSR count). The van der Waals surface area contributed by atoms with Crippen molar-refractivity contribution >= 4 is 17.5 Å². The van der Waals surface area contributed by atoms with Crippen molar-refractivity contribution in [2.24, 2.45) is 5.92 Å². The normalized spacial score (nSPS) is 21.2. The van der Waals surface area contributed by atoms with Crippen LogP contribution < -0.4 is 10.6 Å². The van der Waals surface area contributed by atoms with E-state index in [-0.39, 0.29) is 18.2 Å². The van der Waals surface area contributed by atoms with Crippen LogP contribution in [-0.4, -0.2) is 29.6 Å². The number of anilines is 1. The van der Waals surface area contributed by atoms with Gasteiger partial charge in [0.05, 0.1) is 6.10 Å². The van der Waals surface area contributed by atoms with Gasteiger partial charge in [-0.25, -0.2) is 4.39 Å². The molecule has 1 fully saturated rings. The van der Waals surface area contributed by atoms with Crippen LogP contribution in [0.5, 0.6) is 0 Å². The topological polar surface area (TPSA) is 78.4 Å². The number of halogens is 1. The number of aliphatic hydroxyl groups excluding tert-OH is 1. The molecule has 1 aromatic rings. The van der Waals surface area contributed by atoms with Crippen LogP contribution in [0.1, 0.15) is 31.2 Å². The second-order valence-electron chi connectivity index (χ2n) is 5.74. The summed E-state index contributed by atoms with van der Waals surface area (Å²) in [6.07, 6.45) is 3.15. The van der Waals surface area contributed by atoms with Gasteiger partial charge in [-0.1, -0.05) is 18.9 Å². The van der Waals surface area contributed by atoms with Gasteiger partial charge in [-0.05, 0) is 37.5 Å². The van der Waals surface area contributed by atoms with E-state index in [1.807, 2.05) is 0 Å². The molecule has 0 heterocycles. The number of hydrogen-bond acceptors (Lipinski definition) is 3. The third-order valence-electron chi connectivity index (χ3n) is 4.05. The fraction of sp³-hybridized carbons (Fsp3) is 0.500. The lowest BCUT2D eigenvalue weighted by atomic mass is 9.86. The van der Waals surface area contributed by atoms with E-state index in [0.29, 0.717) is 5.56 Å². The van der Waals surface area contributed by atoms with Crippen LogP contribution in [0.4, 0.5) is 10.1 Å². The van der Waals surface area contributed by atoms with Crippen LogP contribution in [-0.2, 0) is 9.59 Å². The summed E-state index contributed by atoms with van der Waals surface area (Å²) in [5, 5.41) is 14.8. The molecule has 1 aliphatic carbocycles. The molecule has 3 N–H and O–H groups in total. The number of carbonyl (C=O) groups is 2. The van der Waals surface area contributed by atoms with E-state index in [0.717, 1.165) is 25.7 Å². The monoisotopic (exact) mass is 308 g/mol. The Morgan fingerprint density at radius 2 is 2.00 bits per heavy atom. The lowest BCUT2D eigenvalue weighted by Crippen LogP contribution is -2.41. The maximum absolute atomic E-state index is 13.2. The van der Waals surface area contributed by atoms with Crippen molar-refractivity contribution in [3.8, 4) is 0 Å². The van der Waals surface area contributed by atoms with Crippen molar-refractivity contribution in [1.29, 1.82) is 0 Å². The Kier molecular flexibility index (Phi) is 5.49. The van der Waals surface area contributed by atoms with Crippen molar-refractivity contribution in [2.45, 2.75) is 38.7 Å². The zero-order chi connectivity index (χ0) is 16.1. The lowest BCUT2D eigenvalue weighted by Gasteiger charge is -2.27. The minimum Gasteiger partial charge on any atom is -0.393 e. The second kappa shape index (κ2) is 7.35. The fourth-order valence-corrected chi connectivity index (χ4v) is 2.64. The van der Waals surface area contributed by atoms with Gasteiger partial charge in [-0.15, -0.1) is 0 Å². The highest BCUT2D eigenvalue weighted by atomic mass is 19.1. The van der Waals surface area contributed by atoms with E-state index in [4.69, 9.17) is 0 Å². The number of nitrogens with one attached hydrogen (secondary N) is 2. The van der Waals surface area contributed by atoms with Gasteiger partial charge in [0.15, 0.2) is 0 Å². The Labute approximate surface area is 128 Å². The molecular weight excluding hydrogens is 287 g/mol. The molecule has 0 spiro atoms. The minimum atomic E-state index is -0.834. The highest BCUT2D eigenvalue weighted by Gasteiger charge is 2.24. The number of rotatable bonds is 3. The quantitative estimate of drug-likeness (QED) is 0.744. The molecule has 5 nitrogen and oxygen atoms in total. The van der Waals surface area contributed by atoms with Gasteiger partial charge >= 0.3 is 11.8 Å². The standard InChI is InChI=1S/C16H21FN2O3/c1-10-6-7-12(17)8-13(10)19-16(22)15(21)18-9-11-4-2-3-5-14(11)20/h6-8,11,14,20H,2-5,9H2,1H3,(H,18,21)(H,19,22)/t11-,14+/m0/s1. The van der Waals surface area contributed by atoms with E-state index in [9.17, 15) is 19.1 Å². The Balaban J connectivity index is 1.86. The highest BCUT2D eigenvalue weighted by Crippen LogP contribution is 2.23. The van der Waals surface area contributed by atoms with Crippen LogP contribution in [0.15, 0.2) is 18.2 Å². The number of aliphatic hydroxyl groups is 1. The van der Waals surface area contributed by atoms with Gasteiger partial charge in [-0.2, -0.15) is 0 Å². The Morgan fingerprint density at radius 1 is 1.27 bits per heavy atom. The molecule has 22 heavy (non-hydrogen) atoms. The largest absolute Gasteiger partial charge is 0.393 e. The first kappa shape index (κ1) is 16.4. The van der Waals surface area contributed by atoms with Crippen molar-refractivity contribution in [3.05, 3.63) is 29.6 Å². The van der Waals surface area contributed by atoms with E-state index in [1.54, 1.807) is 6.92 Å². The minimum absolute atomic E-state index is 0.0126. The smallest absolute Gasteiger partial charge is 0.313 e. The van der Waals surface area contributed by atoms with Crippen molar-refractivity contribution in [3.63, 3.8) is 0 Å². The number of amides is 2. The molecule has 120 valence electrons. The molecule has 1 aliphatic rings. The van der Waals surface area contributed by atoms with Gasteiger partial charge in [0, 0.05) is 18.2 Å². The van der Waals surface area contributed by atoms with Gasteiger partial charge in [-0.3, -0.25) is 9.59 Å². The summed E-state index contributed by atoms with van der Waals surface area (Å²) < 4.78 is 13.2. The van der Waals surface area contributed by atoms with Crippen molar-refractivity contribution in [2.75, 3.05) is 11.9 Å². The number of carbonyl (C=O) groups excluding carboxylic acids is 2. The predicted molar refractivity (Wildman–Crippen MR) is 80.7 cm³/mol. The third kappa shape index (κ3) is 4.27. The molecule has 1 aromatic carbocycles. The average Bonchev–Trinajstić information content (AvgIpc) is 2.49. The zero-order valence-corrected chi connectivity index (χ0v) is 12.6. The average molecular weight is 308 g/mol. The number of hydrogen-bond donors (Lipinski definition) is 3. The predicted octanol–water partition coefficient (Wildman–Crippen LogP) is 1.74. The summed E-state index contributed by atoms with van der Waals surface area (Å²) in [6.45, 7) is 1.99. The third-order valence-corrected chi connectivity index (χ3v) is 4.05. The SMILES string of the molecule is Cc1ccc(F)cc1NC(=O)C(=O)NC[C@@H]1CCCC[C@H]1O. The summed E-state index contributed by atoms with van der Waals surface area (Å²) >= 11 is 0. The van der Waals surface area contributed by atoms with Crippen molar-refractivity contribution in [1.82, 2.24) is 5.32 Å². The summed E-state index contributed by atoms with van der Waals surface area (Å²) in [7, 11) is 0. The molecule has 0 aliphatic heterocycles. The summed E-state index contributed by atoms with van der Waals surface area (Å²) in [5.41, 5.74) is 0.947. The maximum Gasteiger partial charge on any atom is 0.313 e. The molecule has 2 atom stereocenters. The molecule has 2 amide bonds. The van der Waals surface area contributed by atoms with E-state index < -0.39 is 23.7 Å². The zero-order valence-electron chi connectivity index (χ0n) is 12.6. The number of aryl methyl sites for hydroxylation is 1. The molecule has 0 unspecified atom stereocenters. The highest BCUT2D eigenvalue weighted by molar-refractivity contribution is 6.39. The van der Waals surface area contributed by atoms with E-state index in [1.165, 1.54) is 18.2 Å². The Morgan fingerprint density at radius 3 is 2.73 bits per heavy atom. The van der Waals surface area contributed by atoms with Gasteiger partial charge in [0.25, 0.3) is 0 Å². The van der Waals surface area contributed by atoms with Crippen molar-refractivity contribution < 1.29 is 19.1 Å². The first-order chi connectivity index (χ1) is 10.5. The first-order valence-electron chi connectivity index (χ1n) is 7.51. The van der Waals surface area contributed by atoms with Crippen LogP contribution >= 0.6 is 0 Å². The fourth-order valence-electron chi connectivity index (χ4n) is 2.64. The molecule has 6 heteroatoms. The Hall–Kier alpha value is -1.95. The molecule has 0 aromatic heterocycles. The van der Waals surface area contributed by atoms with Crippen LogP contribution in [0.25, 0.3) is 0 Å². The van der Waals surface area contributed by atoms with E-state index >= 15 is 0 Å². The molecular formula is C16H21FN2O3. The van der Waals surface area contributed by atoms with Crippen LogP contribution in [0.3, 0.4) is 0 Å². The summed E-state index contributed by atoms with van der Waals surface area (Å²) in [6, 6.07) is 3.99. The van der Waals surface area contributed by atoms with E-state index in [2.05, 4.69) is 10.6 Å². The summed E-state index contributed by atoms with van der Waals surface area (Å²) in [5.74, 6) is -2.10. The first-order valence-corrected chi connectivity index (χ1v) is 7.51. The Bertz CT molecular complexity index is 562. The van der Waals surface area contributed by atoms with Crippen LogP contribution in [0.2, 0.25) is 0 Å². The second-order valence-corrected chi connectivity index (χ2v) is 5.74.